The first-order chi connectivity index (χ1) is 37.7. The molecule has 15 aromatic rings. The van der Waals surface area contributed by atoms with Crippen molar-refractivity contribution in [1.29, 1.82) is 0 Å². The number of fused-ring (bicyclic) bond motifs is 8. The smallest absolute Gasteiger partial charge is 0.0541 e. The summed E-state index contributed by atoms with van der Waals surface area (Å²) in [5.74, 6) is 0. The van der Waals surface area contributed by atoms with Crippen molar-refractivity contribution in [3.63, 3.8) is 0 Å². The van der Waals surface area contributed by atoms with Gasteiger partial charge in [0.05, 0.1) is 11.0 Å². The minimum absolute atomic E-state index is 1.13. The highest BCUT2D eigenvalue weighted by atomic mass is 32.1. The van der Waals surface area contributed by atoms with Crippen molar-refractivity contribution in [2.45, 2.75) is 0 Å². The second kappa shape index (κ2) is 18.1. The second-order valence-electron chi connectivity index (χ2n) is 19.9. The van der Waals surface area contributed by atoms with Crippen LogP contribution in [0.25, 0.3) is 147 Å². The molecule has 0 unspecified atom stereocenters. The van der Waals surface area contributed by atoms with Gasteiger partial charge in [-0.05, 0) is 148 Å². The summed E-state index contributed by atoms with van der Waals surface area (Å²) < 4.78 is 5.02. The fourth-order valence-electron chi connectivity index (χ4n) is 12.2. The van der Waals surface area contributed by atoms with E-state index in [4.69, 9.17) is 0 Å². The first-order valence-electron chi connectivity index (χ1n) is 26.2. The maximum absolute atomic E-state index is 2.45. The average Bonchev–Trinajstić information content (AvgIpc) is 4.11. The molecule has 0 aliphatic heterocycles. The van der Waals surface area contributed by atoms with E-state index in [2.05, 4.69) is 290 Å². The van der Waals surface area contributed by atoms with E-state index in [1.54, 1.807) is 0 Å². The topological polar surface area (TPSA) is 4.93 Å². The second-order valence-corrected chi connectivity index (χ2v) is 20.9. The van der Waals surface area contributed by atoms with Gasteiger partial charge in [0.2, 0.25) is 0 Å². The van der Waals surface area contributed by atoms with Gasteiger partial charge in [0.25, 0.3) is 0 Å². The van der Waals surface area contributed by atoms with E-state index in [1.165, 1.54) is 141 Å². The van der Waals surface area contributed by atoms with Crippen LogP contribution in [0.5, 0.6) is 0 Å². The summed E-state index contributed by atoms with van der Waals surface area (Å²) in [6, 6.07) is 105. The zero-order chi connectivity index (χ0) is 50.1. The van der Waals surface area contributed by atoms with Crippen molar-refractivity contribution in [3.8, 4) is 83.6 Å². The van der Waals surface area contributed by atoms with E-state index in [9.17, 15) is 0 Å². The number of rotatable bonds is 8. The van der Waals surface area contributed by atoms with Gasteiger partial charge in [-0.25, -0.2) is 0 Å². The Hall–Kier alpha value is -9.60. The van der Waals surface area contributed by atoms with Gasteiger partial charge in [0.15, 0.2) is 0 Å². The Morgan fingerprint density at radius 2 is 0.618 bits per heavy atom. The molecule has 0 N–H and O–H groups in total. The predicted molar refractivity (Wildman–Crippen MR) is 327 cm³/mol. The molecule has 15 rings (SSSR count). The Bertz CT molecular complexity index is 4660. The van der Waals surface area contributed by atoms with Crippen LogP contribution in [-0.2, 0) is 0 Å². The predicted octanol–water partition coefficient (Wildman–Crippen LogP) is 21.1. The minimum atomic E-state index is 1.13. The Kier molecular flexibility index (Phi) is 10.5. The highest BCUT2D eigenvalue weighted by molar-refractivity contribution is 7.26. The fourth-order valence-corrected chi connectivity index (χ4v) is 13.4. The van der Waals surface area contributed by atoms with Gasteiger partial charge >= 0.3 is 0 Å². The van der Waals surface area contributed by atoms with E-state index < -0.39 is 0 Å². The number of benzene rings is 13. The molecule has 2 heterocycles. The molecule has 2 aromatic heterocycles. The summed E-state index contributed by atoms with van der Waals surface area (Å²) >= 11 is 1.90. The first-order valence-corrected chi connectivity index (χ1v) is 27.0. The van der Waals surface area contributed by atoms with Crippen LogP contribution in [0.15, 0.2) is 285 Å². The van der Waals surface area contributed by atoms with Gasteiger partial charge in [-0.15, -0.1) is 11.3 Å². The molecular weight excluding hydrogens is 935 g/mol. The summed E-state index contributed by atoms with van der Waals surface area (Å²) in [6.07, 6.45) is 0. The molecule has 1 nitrogen and oxygen atoms in total. The molecule has 0 spiro atoms. The Morgan fingerprint density at radius 3 is 1.20 bits per heavy atom. The number of nitrogens with zero attached hydrogens (tertiary/aromatic N) is 1. The largest absolute Gasteiger partial charge is 0.309 e. The molecular formula is C74H47NS. The maximum Gasteiger partial charge on any atom is 0.0541 e. The third-order valence-corrected chi connectivity index (χ3v) is 16.8. The molecule has 0 aliphatic rings. The molecule has 0 bridgehead atoms. The Morgan fingerprint density at radius 1 is 0.224 bits per heavy atom. The molecule has 0 aliphatic carbocycles. The van der Waals surface area contributed by atoms with E-state index in [1.807, 2.05) is 11.3 Å². The molecule has 13 aromatic carbocycles. The van der Waals surface area contributed by atoms with Crippen molar-refractivity contribution in [1.82, 2.24) is 4.57 Å². The SMILES string of the molecule is c1ccc(-c2ccccc2-c2ccc3sc4c(-c5ccc6c(c5)c5ccccc5n6-c5ccc(-c6c7ccccc7c(-c7ccccc7)c7ccccc67)cc5)cc(-c5ccccc5-c5ccccc5)cc4c3c2)cc1. The average molecular weight is 982 g/mol. The number of hydrogen-bond donors (Lipinski definition) is 0. The fraction of sp³-hybridized carbons (Fsp3) is 0. The van der Waals surface area contributed by atoms with Crippen LogP contribution in [0.4, 0.5) is 0 Å². The summed E-state index contributed by atoms with van der Waals surface area (Å²) in [5, 5.41) is 10.0. The number of hydrogen-bond acceptors (Lipinski definition) is 1. The lowest BCUT2D eigenvalue weighted by Crippen LogP contribution is -1.95. The quantitative estimate of drug-likeness (QED) is 0.134. The van der Waals surface area contributed by atoms with Crippen LogP contribution >= 0.6 is 11.3 Å². The van der Waals surface area contributed by atoms with E-state index in [0.29, 0.717) is 0 Å². The molecule has 2 heteroatoms. The van der Waals surface area contributed by atoms with Gasteiger partial charge in [0, 0.05) is 42.2 Å². The molecule has 0 atom stereocenters. The zero-order valence-corrected chi connectivity index (χ0v) is 42.3. The summed E-state index contributed by atoms with van der Waals surface area (Å²) in [5.41, 5.74) is 20.7. The van der Waals surface area contributed by atoms with E-state index >= 15 is 0 Å². The standard InChI is InChI=1S/C74H47NS/c1-4-20-48(21-5-1)56-26-10-12-28-58(56)52-39-43-71-67(45-52)68-47-54(59-29-13-11-27-57(59)49-22-6-2-7-23-49)46-65(74(68)76-71)53-38-42-70-66(44-53)60-30-18-19-35-69(60)75(70)55-40-36-51(37-41-55)73-63-33-16-14-31-61(63)72(50-24-8-3-9-25-50)62-32-15-17-34-64(62)73/h1-47H. The molecule has 354 valence electrons. The molecule has 0 saturated carbocycles. The molecule has 0 fully saturated rings. The van der Waals surface area contributed by atoms with Gasteiger partial charge in [-0.3, -0.25) is 0 Å². The summed E-state index contributed by atoms with van der Waals surface area (Å²) in [4.78, 5) is 0. The lowest BCUT2D eigenvalue weighted by atomic mass is 9.86. The number of aromatic nitrogens is 1. The van der Waals surface area contributed by atoms with Crippen molar-refractivity contribution in [3.05, 3.63) is 285 Å². The Balaban J connectivity index is 0.901. The van der Waals surface area contributed by atoms with Gasteiger partial charge in [-0.1, -0.05) is 231 Å². The lowest BCUT2D eigenvalue weighted by molar-refractivity contribution is 1.18. The third-order valence-electron chi connectivity index (χ3n) is 15.6. The minimum Gasteiger partial charge on any atom is -0.309 e. The maximum atomic E-state index is 2.45. The highest BCUT2D eigenvalue weighted by Gasteiger charge is 2.21. The Labute approximate surface area is 445 Å². The normalized spacial score (nSPS) is 11.7. The summed E-state index contributed by atoms with van der Waals surface area (Å²) in [7, 11) is 0. The van der Waals surface area contributed by atoms with E-state index in [-0.39, 0.29) is 0 Å². The first kappa shape index (κ1) is 43.9. The zero-order valence-electron chi connectivity index (χ0n) is 41.5. The molecule has 0 radical (unpaired) electrons. The van der Waals surface area contributed by atoms with Crippen LogP contribution in [0.3, 0.4) is 0 Å². The molecule has 0 amide bonds. The van der Waals surface area contributed by atoms with Crippen LogP contribution in [0, 0.1) is 0 Å². The van der Waals surface area contributed by atoms with Crippen molar-refractivity contribution in [2.24, 2.45) is 0 Å². The number of thiophene rings is 1. The van der Waals surface area contributed by atoms with Crippen LogP contribution in [-0.4, -0.2) is 4.57 Å². The van der Waals surface area contributed by atoms with Gasteiger partial charge < -0.3 is 4.57 Å². The van der Waals surface area contributed by atoms with Crippen LogP contribution < -0.4 is 0 Å². The van der Waals surface area contributed by atoms with Crippen LogP contribution in [0.2, 0.25) is 0 Å². The third kappa shape index (κ3) is 7.22. The van der Waals surface area contributed by atoms with E-state index in [0.717, 1.165) is 5.69 Å². The van der Waals surface area contributed by atoms with Gasteiger partial charge in [0.1, 0.15) is 0 Å². The molecule has 76 heavy (non-hydrogen) atoms. The number of para-hydroxylation sites is 1. The molecule has 0 saturated heterocycles. The summed E-state index contributed by atoms with van der Waals surface area (Å²) in [6.45, 7) is 0. The lowest BCUT2D eigenvalue weighted by Gasteiger charge is -2.18. The van der Waals surface area contributed by atoms with Crippen molar-refractivity contribution >= 4 is 74.9 Å². The van der Waals surface area contributed by atoms with Crippen molar-refractivity contribution in [2.75, 3.05) is 0 Å². The van der Waals surface area contributed by atoms with Crippen molar-refractivity contribution < 1.29 is 0 Å². The van der Waals surface area contributed by atoms with Crippen LogP contribution in [0.1, 0.15) is 0 Å². The highest BCUT2D eigenvalue weighted by Crippen LogP contribution is 2.48. The van der Waals surface area contributed by atoms with Gasteiger partial charge in [-0.2, -0.15) is 0 Å². The monoisotopic (exact) mass is 981 g/mol.